The van der Waals surface area contributed by atoms with Crippen molar-refractivity contribution in [2.24, 2.45) is 5.92 Å². The SMILES string of the molecule is CC(C)CC1CN(Cc2cccc(C(=O)O)c2)CCN1C(=O)OC(C)(C)C. The van der Waals surface area contributed by atoms with Crippen LogP contribution in [0.5, 0.6) is 0 Å². The van der Waals surface area contributed by atoms with Gasteiger partial charge in [0.1, 0.15) is 5.60 Å². The molecule has 2 rings (SSSR count). The Balaban J connectivity index is 2.07. The maximum absolute atomic E-state index is 12.6. The van der Waals surface area contributed by atoms with Crippen LogP contribution in [-0.2, 0) is 11.3 Å². The maximum atomic E-state index is 12.6. The highest BCUT2D eigenvalue weighted by Gasteiger charge is 2.33. The first-order valence-corrected chi connectivity index (χ1v) is 9.59. The molecule has 0 bridgehead atoms. The van der Waals surface area contributed by atoms with Crippen molar-refractivity contribution in [1.82, 2.24) is 9.80 Å². The molecule has 1 fully saturated rings. The second-order valence-electron chi connectivity index (χ2n) is 8.70. The lowest BCUT2D eigenvalue weighted by molar-refractivity contribution is -0.00567. The molecule has 0 aliphatic carbocycles. The zero-order chi connectivity index (χ0) is 20.2. The number of hydrogen-bond donors (Lipinski definition) is 1. The second-order valence-corrected chi connectivity index (χ2v) is 8.70. The highest BCUT2D eigenvalue weighted by atomic mass is 16.6. The lowest BCUT2D eigenvalue weighted by Gasteiger charge is -2.42. The van der Waals surface area contributed by atoms with Crippen LogP contribution in [-0.4, -0.2) is 58.2 Å². The molecule has 1 N–H and O–H groups in total. The number of carboxylic acid groups (broad SMARTS) is 1. The van der Waals surface area contributed by atoms with Gasteiger partial charge in [-0.15, -0.1) is 0 Å². The molecule has 1 aliphatic heterocycles. The Labute approximate surface area is 162 Å². The van der Waals surface area contributed by atoms with Crippen molar-refractivity contribution in [3.8, 4) is 0 Å². The summed E-state index contributed by atoms with van der Waals surface area (Å²) in [5.74, 6) is -0.445. The van der Waals surface area contributed by atoms with E-state index in [0.29, 0.717) is 24.6 Å². The van der Waals surface area contributed by atoms with Gasteiger partial charge in [-0.2, -0.15) is 0 Å². The first kappa shape index (κ1) is 21.2. The van der Waals surface area contributed by atoms with Crippen LogP contribution < -0.4 is 0 Å². The van der Waals surface area contributed by atoms with E-state index in [1.807, 2.05) is 31.7 Å². The standard InChI is InChI=1S/C21H32N2O4/c1-15(2)11-18-14-22(9-10-23(18)20(26)27-21(3,4)5)13-16-7-6-8-17(12-16)19(24)25/h6-8,12,15,18H,9-11,13-14H2,1-5H3,(H,24,25). The Morgan fingerprint density at radius 1 is 1.26 bits per heavy atom. The number of piperazine rings is 1. The summed E-state index contributed by atoms with van der Waals surface area (Å²) >= 11 is 0. The first-order valence-electron chi connectivity index (χ1n) is 9.59. The molecule has 150 valence electrons. The van der Waals surface area contributed by atoms with Gasteiger partial charge >= 0.3 is 12.1 Å². The van der Waals surface area contributed by atoms with Gasteiger partial charge < -0.3 is 14.7 Å². The fourth-order valence-electron chi connectivity index (χ4n) is 3.43. The number of nitrogens with zero attached hydrogens (tertiary/aromatic N) is 2. The van der Waals surface area contributed by atoms with Crippen LogP contribution in [0, 0.1) is 5.92 Å². The van der Waals surface area contributed by atoms with E-state index < -0.39 is 11.6 Å². The van der Waals surface area contributed by atoms with E-state index in [1.54, 1.807) is 18.2 Å². The molecule has 1 aliphatic rings. The molecule has 27 heavy (non-hydrogen) atoms. The summed E-state index contributed by atoms with van der Waals surface area (Å²) in [5, 5.41) is 9.17. The average molecular weight is 376 g/mol. The average Bonchev–Trinajstić information content (AvgIpc) is 2.53. The minimum atomic E-state index is -0.913. The summed E-state index contributed by atoms with van der Waals surface area (Å²) in [4.78, 5) is 27.9. The van der Waals surface area contributed by atoms with Crippen LogP contribution in [0.15, 0.2) is 24.3 Å². The number of hydrogen-bond acceptors (Lipinski definition) is 4. The smallest absolute Gasteiger partial charge is 0.410 e. The van der Waals surface area contributed by atoms with E-state index in [0.717, 1.165) is 25.1 Å². The minimum absolute atomic E-state index is 0.0938. The van der Waals surface area contributed by atoms with Gasteiger partial charge in [0.05, 0.1) is 5.56 Å². The van der Waals surface area contributed by atoms with Crippen molar-refractivity contribution < 1.29 is 19.4 Å². The van der Waals surface area contributed by atoms with Crippen LogP contribution in [0.4, 0.5) is 4.79 Å². The van der Waals surface area contributed by atoms with Crippen molar-refractivity contribution >= 4 is 12.1 Å². The van der Waals surface area contributed by atoms with Crippen molar-refractivity contribution in [2.45, 2.75) is 59.2 Å². The van der Waals surface area contributed by atoms with E-state index in [2.05, 4.69) is 18.7 Å². The number of benzene rings is 1. The van der Waals surface area contributed by atoms with E-state index in [9.17, 15) is 14.7 Å². The Bertz CT molecular complexity index is 666. The van der Waals surface area contributed by atoms with Crippen molar-refractivity contribution in [3.63, 3.8) is 0 Å². The van der Waals surface area contributed by atoms with E-state index in [-0.39, 0.29) is 12.1 Å². The predicted octanol–water partition coefficient (Wildman–Crippen LogP) is 3.85. The first-order chi connectivity index (χ1) is 12.5. The highest BCUT2D eigenvalue weighted by Crippen LogP contribution is 2.22. The largest absolute Gasteiger partial charge is 0.478 e. The molecule has 1 heterocycles. The number of rotatable bonds is 5. The quantitative estimate of drug-likeness (QED) is 0.845. The monoisotopic (exact) mass is 376 g/mol. The molecule has 1 amide bonds. The van der Waals surface area contributed by atoms with Crippen molar-refractivity contribution in [2.75, 3.05) is 19.6 Å². The molecule has 1 atom stereocenters. The summed E-state index contributed by atoms with van der Waals surface area (Å²) in [5.41, 5.74) is 0.774. The van der Waals surface area contributed by atoms with Gasteiger partial charge in [-0.3, -0.25) is 4.90 Å². The molecule has 6 heteroatoms. The molecule has 1 saturated heterocycles. The number of carboxylic acids is 1. The molecule has 6 nitrogen and oxygen atoms in total. The normalized spacial score (nSPS) is 18.6. The fourth-order valence-corrected chi connectivity index (χ4v) is 3.43. The van der Waals surface area contributed by atoms with E-state index in [4.69, 9.17) is 4.74 Å². The summed E-state index contributed by atoms with van der Waals surface area (Å²) in [6.45, 7) is 12.8. The zero-order valence-electron chi connectivity index (χ0n) is 17.1. The third-order valence-corrected chi connectivity index (χ3v) is 4.52. The lowest BCUT2D eigenvalue weighted by atomic mass is 9.99. The topological polar surface area (TPSA) is 70.1 Å². The molecular formula is C21H32N2O4. The van der Waals surface area contributed by atoms with Crippen LogP contribution in [0.25, 0.3) is 0 Å². The fraction of sp³-hybridized carbons (Fsp3) is 0.619. The molecule has 0 spiro atoms. The number of ether oxygens (including phenoxy) is 1. The van der Waals surface area contributed by atoms with Gasteiger partial charge in [-0.05, 0) is 50.8 Å². The van der Waals surface area contributed by atoms with Crippen LogP contribution in [0.1, 0.15) is 57.0 Å². The molecular weight excluding hydrogens is 344 g/mol. The van der Waals surface area contributed by atoms with Gasteiger partial charge in [-0.25, -0.2) is 9.59 Å². The van der Waals surface area contributed by atoms with Gasteiger partial charge in [-0.1, -0.05) is 26.0 Å². The van der Waals surface area contributed by atoms with Crippen molar-refractivity contribution in [1.29, 1.82) is 0 Å². The molecule has 1 aromatic carbocycles. The van der Waals surface area contributed by atoms with E-state index in [1.165, 1.54) is 0 Å². The van der Waals surface area contributed by atoms with Crippen LogP contribution >= 0.6 is 0 Å². The summed E-state index contributed by atoms with van der Waals surface area (Å²) in [7, 11) is 0. The molecule has 1 unspecified atom stereocenters. The number of amides is 1. The third kappa shape index (κ3) is 6.54. The Hall–Kier alpha value is -2.08. The van der Waals surface area contributed by atoms with Gasteiger partial charge in [0, 0.05) is 32.2 Å². The molecule has 0 radical (unpaired) electrons. The lowest BCUT2D eigenvalue weighted by Crippen LogP contribution is -2.56. The summed E-state index contributed by atoms with van der Waals surface area (Å²) in [6, 6.07) is 7.15. The van der Waals surface area contributed by atoms with Gasteiger partial charge in [0.2, 0.25) is 0 Å². The Kier molecular flexibility index (Phi) is 6.87. The number of aromatic carboxylic acids is 1. The second kappa shape index (κ2) is 8.74. The summed E-state index contributed by atoms with van der Waals surface area (Å²) in [6.07, 6.45) is 0.658. The van der Waals surface area contributed by atoms with Gasteiger partial charge in [0.15, 0.2) is 0 Å². The Morgan fingerprint density at radius 2 is 1.96 bits per heavy atom. The zero-order valence-corrected chi connectivity index (χ0v) is 17.1. The molecule has 1 aromatic rings. The predicted molar refractivity (Wildman–Crippen MR) is 105 cm³/mol. The number of carbonyl (C=O) groups is 2. The van der Waals surface area contributed by atoms with Gasteiger partial charge in [0.25, 0.3) is 0 Å². The Morgan fingerprint density at radius 3 is 2.56 bits per heavy atom. The van der Waals surface area contributed by atoms with Crippen molar-refractivity contribution in [3.05, 3.63) is 35.4 Å². The summed E-state index contributed by atoms with van der Waals surface area (Å²) < 4.78 is 5.59. The van der Waals surface area contributed by atoms with E-state index >= 15 is 0 Å². The minimum Gasteiger partial charge on any atom is -0.478 e. The number of carbonyl (C=O) groups excluding carboxylic acids is 1. The maximum Gasteiger partial charge on any atom is 0.410 e. The third-order valence-electron chi connectivity index (χ3n) is 4.52. The van der Waals surface area contributed by atoms with Crippen LogP contribution in [0.3, 0.4) is 0 Å². The molecule has 0 saturated carbocycles. The highest BCUT2D eigenvalue weighted by molar-refractivity contribution is 5.87. The van der Waals surface area contributed by atoms with Crippen LogP contribution in [0.2, 0.25) is 0 Å². The molecule has 0 aromatic heterocycles.